The van der Waals surface area contributed by atoms with E-state index in [9.17, 15) is 0 Å². The van der Waals surface area contributed by atoms with Crippen molar-refractivity contribution in [2.24, 2.45) is 5.92 Å². The SMILES string of the molecule is Cc1nnc(SC2CCCCC2C#N)o1. The van der Waals surface area contributed by atoms with Crippen LogP contribution in [0, 0.1) is 24.2 Å². The van der Waals surface area contributed by atoms with Crippen molar-refractivity contribution in [3.63, 3.8) is 0 Å². The molecule has 1 saturated carbocycles. The predicted molar refractivity (Wildman–Crippen MR) is 56.3 cm³/mol. The van der Waals surface area contributed by atoms with Crippen LogP contribution in [0.3, 0.4) is 0 Å². The van der Waals surface area contributed by atoms with E-state index in [2.05, 4.69) is 16.3 Å². The average Bonchev–Trinajstić information content (AvgIpc) is 2.65. The first-order chi connectivity index (χ1) is 7.29. The van der Waals surface area contributed by atoms with Gasteiger partial charge in [-0.2, -0.15) is 5.26 Å². The van der Waals surface area contributed by atoms with Crippen LogP contribution in [0.1, 0.15) is 31.6 Å². The fourth-order valence-corrected chi connectivity index (χ4v) is 3.00. The minimum atomic E-state index is 0.135. The zero-order valence-electron chi connectivity index (χ0n) is 8.64. The molecule has 0 radical (unpaired) electrons. The summed E-state index contributed by atoms with van der Waals surface area (Å²) in [4.78, 5) is 0. The maximum atomic E-state index is 9.01. The zero-order chi connectivity index (χ0) is 10.7. The molecule has 1 aromatic rings. The Labute approximate surface area is 93.1 Å². The van der Waals surface area contributed by atoms with Crippen molar-refractivity contribution in [3.8, 4) is 6.07 Å². The minimum absolute atomic E-state index is 0.135. The van der Waals surface area contributed by atoms with Gasteiger partial charge in [-0.3, -0.25) is 0 Å². The lowest BCUT2D eigenvalue weighted by atomic mass is 9.90. The van der Waals surface area contributed by atoms with Crippen LogP contribution in [-0.4, -0.2) is 15.4 Å². The Bertz CT molecular complexity index is 371. The van der Waals surface area contributed by atoms with Gasteiger partial charge in [0.2, 0.25) is 5.89 Å². The van der Waals surface area contributed by atoms with E-state index < -0.39 is 0 Å². The van der Waals surface area contributed by atoms with E-state index >= 15 is 0 Å². The van der Waals surface area contributed by atoms with Crippen LogP contribution >= 0.6 is 11.8 Å². The number of aryl methyl sites for hydroxylation is 1. The highest BCUT2D eigenvalue weighted by Crippen LogP contribution is 2.36. The summed E-state index contributed by atoms with van der Waals surface area (Å²) < 4.78 is 5.31. The monoisotopic (exact) mass is 223 g/mol. The third kappa shape index (κ3) is 2.51. The van der Waals surface area contributed by atoms with E-state index in [1.807, 2.05) is 0 Å². The second-order valence-electron chi connectivity index (χ2n) is 3.76. The zero-order valence-corrected chi connectivity index (χ0v) is 9.46. The summed E-state index contributed by atoms with van der Waals surface area (Å²) in [6, 6.07) is 2.37. The molecule has 1 aliphatic rings. The molecule has 1 fully saturated rings. The van der Waals surface area contributed by atoms with E-state index in [1.54, 1.807) is 18.7 Å². The van der Waals surface area contributed by atoms with Crippen LogP contribution in [0.5, 0.6) is 0 Å². The summed E-state index contributed by atoms with van der Waals surface area (Å²) in [6.07, 6.45) is 4.44. The molecule has 0 N–H and O–H groups in total. The van der Waals surface area contributed by atoms with Gasteiger partial charge in [-0.05, 0) is 12.8 Å². The van der Waals surface area contributed by atoms with Gasteiger partial charge in [0.15, 0.2) is 0 Å². The highest BCUT2D eigenvalue weighted by molar-refractivity contribution is 7.99. The van der Waals surface area contributed by atoms with Crippen LogP contribution in [0.4, 0.5) is 0 Å². The third-order valence-corrected chi connectivity index (χ3v) is 3.86. The van der Waals surface area contributed by atoms with Crippen LogP contribution in [0.2, 0.25) is 0 Å². The first-order valence-corrected chi connectivity index (χ1v) is 6.04. The topological polar surface area (TPSA) is 62.7 Å². The molecule has 1 aromatic heterocycles. The molecule has 0 bridgehead atoms. The molecule has 1 aliphatic carbocycles. The molecule has 15 heavy (non-hydrogen) atoms. The fourth-order valence-electron chi connectivity index (χ4n) is 1.84. The van der Waals surface area contributed by atoms with Gasteiger partial charge in [0.25, 0.3) is 5.22 Å². The van der Waals surface area contributed by atoms with E-state index in [0.717, 1.165) is 19.3 Å². The Balaban J connectivity index is 2.01. The number of rotatable bonds is 2. The lowest BCUT2D eigenvalue weighted by Gasteiger charge is -2.24. The van der Waals surface area contributed by atoms with Crippen LogP contribution in [0.15, 0.2) is 9.64 Å². The van der Waals surface area contributed by atoms with Crippen molar-refractivity contribution >= 4 is 11.8 Å². The largest absolute Gasteiger partial charge is 0.416 e. The van der Waals surface area contributed by atoms with Gasteiger partial charge in [0, 0.05) is 12.2 Å². The van der Waals surface area contributed by atoms with Gasteiger partial charge in [-0.1, -0.05) is 24.6 Å². The van der Waals surface area contributed by atoms with Gasteiger partial charge in [0.1, 0.15) is 0 Å². The van der Waals surface area contributed by atoms with Crippen LogP contribution in [-0.2, 0) is 0 Å². The molecule has 5 heteroatoms. The van der Waals surface area contributed by atoms with Gasteiger partial charge >= 0.3 is 0 Å². The summed E-state index contributed by atoms with van der Waals surface area (Å²) in [6.45, 7) is 1.78. The van der Waals surface area contributed by atoms with Crippen molar-refractivity contribution in [3.05, 3.63) is 5.89 Å². The van der Waals surface area contributed by atoms with E-state index in [-0.39, 0.29) is 5.92 Å². The number of nitrogens with zero attached hydrogens (tertiary/aromatic N) is 3. The standard InChI is InChI=1S/C10H13N3OS/c1-7-12-13-10(14-7)15-9-5-3-2-4-8(9)6-11/h8-9H,2-5H2,1H3. The first-order valence-electron chi connectivity index (χ1n) is 5.16. The number of nitriles is 1. The molecule has 80 valence electrons. The molecule has 2 rings (SSSR count). The summed E-state index contributed by atoms with van der Waals surface area (Å²) in [5.74, 6) is 0.720. The summed E-state index contributed by atoms with van der Waals surface area (Å²) in [5.41, 5.74) is 0. The minimum Gasteiger partial charge on any atom is -0.416 e. The maximum absolute atomic E-state index is 9.01. The molecule has 0 saturated heterocycles. The fraction of sp³-hybridized carbons (Fsp3) is 0.700. The third-order valence-electron chi connectivity index (χ3n) is 2.63. The molecule has 4 nitrogen and oxygen atoms in total. The number of aromatic nitrogens is 2. The molecule has 0 spiro atoms. The summed E-state index contributed by atoms with van der Waals surface area (Å²) in [5, 5.41) is 17.7. The Morgan fingerprint density at radius 1 is 1.40 bits per heavy atom. The lowest BCUT2D eigenvalue weighted by Crippen LogP contribution is -2.20. The number of thioether (sulfide) groups is 1. The quantitative estimate of drug-likeness (QED) is 0.771. The van der Waals surface area contributed by atoms with Crippen LogP contribution in [0.25, 0.3) is 0 Å². The predicted octanol–water partition coefficient (Wildman–Crippen LogP) is 2.55. The smallest absolute Gasteiger partial charge is 0.276 e. The second-order valence-corrected chi connectivity index (χ2v) is 4.95. The highest BCUT2D eigenvalue weighted by atomic mass is 32.2. The lowest BCUT2D eigenvalue weighted by molar-refractivity contribution is 0.413. The Morgan fingerprint density at radius 2 is 2.20 bits per heavy atom. The van der Waals surface area contributed by atoms with Crippen LogP contribution < -0.4 is 0 Å². The molecule has 2 unspecified atom stereocenters. The Kier molecular flexibility index (Phi) is 3.27. The normalized spacial score (nSPS) is 26.1. The van der Waals surface area contributed by atoms with Crippen molar-refractivity contribution in [2.75, 3.05) is 0 Å². The molecule has 0 aliphatic heterocycles. The maximum Gasteiger partial charge on any atom is 0.276 e. The number of hydrogen-bond donors (Lipinski definition) is 0. The van der Waals surface area contributed by atoms with Gasteiger partial charge in [0.05, 0.1) is 12.0 Å². The Morgan fingerprint density at radius 3 is 2.87 bits per heavy atom. The van der Waals surface area contributed by atoms with Crippen molar-refractivity contribution < 1.29 is 4.42 Å². The highest BCUT2D eigenvalue weighted by Gasteiger charge is 2.27. The van der Waals surface area contributed by atoms with E-state index in [1.165, 1.54) is 6.42 Å². The van der Waals surface area contributed by atoms with Crippen molar-refractivity contribution in [1.82, 2.24) is 10.2 Å². The average molecular weight is 223 g/mol. The molecular formula is C10H13N3OS. The van der Waals surface area contributed by atoms with Crippen molar-refractivity contribution in [2.45, 2.75) is 43.1 Å². The van der Waals surface area contributed by atoms with Gasteiger partial charge < -0.3 is 4.42 Å². The van der Waals surface area contributed by atoms with Gasteiger partial charge in [-0.15, -0.1) is 10.2 Å². The summed E-state index contributed by atoms with van der Waals surface area (Å²) >= 11 is 1.56. The molecule has 0 aromatic carbocycles. The molecule has 1 heterocycles. The molecule has 0 amide bonds. The number of hydrogen-bond acceptors (Lipinski definition) is 5. The molecular weight excluding hydrogens is 210 g/mol. The first kappa shape index (κ1) is 10.5. The van der Waals surface area contributed by atoms with E-state index in [0.29, 0.717) is 16.4 Å². The van der Waals surface area contributed by atoms with Gasteiger partial charge in [-0.25, -0.2) is 0 Å². The second kappa shape index (κ2) is 4.67. The Hall–Kier alpha value is -1.02. The van der Waals surface area contributed by atoms with Crippen molar-refractivity contribution in [1.29, 1.82) is 5.26 Å². The van der Waals surface area contributed by atoms with E-state index in [4.69, 9.17) is 9.68 Å². The summed E-state index contributed by atoms with van der Waals surface area (Å²) in [7, 11) is 0. The molecule has 2 atom stereocenters.